The molecule has 1 aromatic carbocycles. The third-order valence-electron chi connectivity index (χ3n) is 5.11. The van der Waals surface area contributed by atoms with E-state index in [1.807, 2.05) is 6.92 Å². The van der Waals surface area contributed by atoms with Crippen molar-refractivity contribution in [1.29, 1.82) is 0 Å². The Kier molecular flexibility index (Phi) is 4.48. The molecular weight excluding hydrogens is 357 g/mol. The Morgan fingerprint density at radius 2 is 1.93 bits per heavy atom. The molecule has 0 bridgehead atoms. The highest BCUT2D eigenvalue weighted by atomic mass is 19.1. The van der Waals surface area contributed by atoms with E-state index in [-0.39, 0.29) is 23.0 Å². The van der Waals surface area contributed by atoms with Gasteiger partial charge in [-0.2, -0.15) is 0 Å². The van der Waals surface area contributed by atoms with Crippen molar-refractivity contribution in [3.8, 4) is 11.5 Å². The highest BCUT2D eigenvalue weighted by Crippen LogP contribution is 2.33. The van der Waals surface area contributed by atoms with Gasteiger partial charge in [-0.3, -0.25) is 9.13 Å². The van der Waals surface area contributed by atoms with Crippen molar-refractivity contribution in [2.45, 2.75) is 65.1 Å². The molecule has 0 amide bonds. The normalized spacial score (nSPS) is 16.4. The monoisotopic (exact) mass is 383 g/mol. The van der Waals surface area contributed by atoms with Crippen LogP contribution >= 0.6 is 0 Å². The first kappa shape index (κ1) is 18.7. The van der Waals surface area contributed by atoms with Crippen LogP contribution < -0.4 is 11.0 Å². The van der Waals surface area contributed by atoms with Gasteiger partial charge in [-0.25, -0.2) is 19.2 Å². The quantitative estimate of drug-likeness (QED) is 0.750. The molecule has 0 radical (unpaired) electrons. The predicted octanol–water partition coefficient (Wildman–Crippen LogP) is 3.43. The van der Waals surface area contributed by atoms with Gasteiger partial charge in [0.2, 0.25) is 0 Å². The van der Waals surface area contributed by atoms with Crippen LogP contribution in [-0.4, -0.2) is 25.1 Å². The molecule has 148 valence electrons. The first-order valence-electron chi connectivity index (χ1n) is 9.80. The van der Waals surface area contributed by atoms with Gasteiger partial charge in [-0.1, -0.05) is 39.8 Å². The first-order chi connectivity index (χ1) is 13.3. The summed E-state index contributed by atoms with van der Waals surface area (Å²) in [5, 5.41) is 3.47. The van der Waals surface area contributed by atoms with Gasteiger partial charge >= 0.3 is 5.69 Å². The number of aromatic nitrogens is 4. The lowest BCUT2D eigenvalue weighted by atomic mass is 9.96. The summed E-state index contributed by atoms with van der Waals surface area (Å²) in [7, 11) is 0. The Morgan fingerprint density at radius 3 is 2.57 bits per heavy atom. The number of fused-ring (bicyclic) bond motifs is 3. The van der Waals surface area contributed by atoms with E-state index in [1.54, 1.807) is 21.3 Å². The molecule has 0 saturated carbocycles. The van der Waals surface area contributed by atoms with E-state index in [1.165, 1.54) is 12.1 Å². The fourth-order valence-corrected chi connectivity index (χ4v) is 3.70. The Hall–Kier alpha value is -2.70. The average molecular weight is 383 g/mol. The van der Waals surface area contributed by atoms with E-state index < -0.39 is 0 Å². The molecule has 1 atom stereocenters. The van der Waals surface area contributed by atoms with Gasteiger partial charge in [0.25, 0.3) is 0 Å². The number of halogens is 1. The molecule has 3 aliphatic heterocycles. The van der Waals surface area contributed by atoms with Crippen molar-refractivity contribution in [3.05, 3.63) is 52.0 Å². The minimum atomic E-state index is -0.244. The van der Waals surface area contributed by atoms with Crippen molar-refractivity contribution in [2.75, 3.05) is 5.32 Å². The molecule has 3 heterocycles. The lowest BCUT2D eigenvalue weighted by Crippen LogP contribution is -2.32. The van der Waals surface area contributed by atoms with E-state index >= 15 is 0 Å². The number of benzene rings is 1. The summed E-state index contributed by atoms with van der Waals surface area (Å²) in [6.45, 7) is 9.43. The molecule has 0 spiro atoms. The van der Waals surface area contributed by atoms with E-state index in [0.29, 0.717) is 25.3 Å². The van der Waals surface area contributed by atoms with E-state index in [9.17, 15) is 9.18 Å². The summed E-state index contributed by atoms with van der Waals surface area (Å²) >= 11 is 0. The lowest BCUT2D eigenvalue weighted by molar-refractivity contribution is 0.547. The highest BCUT2D eigenvalue weighted by Gasteiger charge is 2.33. The fourth-order valence-electron chi connectivity index (χ4n) is 3.70. The molecule has 7 heteroatoms. The van der Waals surface area contributed by atoms with Crippen molar-refractivity contribution >= 4 is 5.82 Å². The maximum atomic E-state index is 13.2. The molecule has 0 saturated heterocycles. The zero-order valence-corrected chi connectivity index (χ0v) is 16.8. The van der Waals surface area contributed by atoms with Crippen molar-refractivity contribution < 1.29 is 4.39 Å². The van der Waals surface area contributed by atoms with Crippen LogP contribution in [0.25, 0.3) is 11.5 Å². The summed E-state index contributed by atoms with van der Waals surface area (Å²) in [6.07, 6.45) is 1.55. The second-order valence-corrected chi connectivity index (χ2v) is 8.53. The molecule has 4 rings (SSSR count). The van der Waals surface area contributed by atoms with Crippen LogP contribution in [0.3, 0.4) is 0 Å². The molecule has 28 heavy (non-hydrogen) atoms. The average Bonchev–Trinajstić information content (AvgIpc) is 3.25. The smallest absolute Gasteiger partial charge is 0.331 e. The number of imidazole rings is 1. The standard InChI is InChI=1S/C21H26FN5O/c1-5-10-26-18-16(24-19(25-18)21(2,3)4)17-23-15(12-27(17)20(26)28)11-13-6-8-14(22)9-7-13/h6-9,15,23H,5,10-12H2,1-4H3/t15-/m1/s1. The Bertz CT molecular complexity index is 1030. The zero-order valence-electron chi connectivity index (χ0n) is 16.8. The fraction of sp³-hybridized carbons (Fsp3) is 0.476. The zero-order chi connectivity index (χ0) is 20.1. The van der Waals surface area contributed by atoms with E-state index in [4.69, 9.17) is 9.97 Å². The van der Waals surface area contributed by atoms with Crippen LogP contribution in [0.15, 0.2) is 29.1 Å². The van der Waals surface area contributed by atoms with Gasteiger partial charge in [0.05, 0.1) is 0 Å². The number of hydrogen-bond donors (Lipinski definition) is 1. The largest absolute Gasteiger partial charge is 0.365 e. The number of nitrogens with one attached hydrogen (secondary N) is 1. The predicted molar refractivity (Wildman–Crippen MR) is 107 cm³/mol. The lowest BCUT2D eigenvalue weighted by Gasteiger charge is -2.13. The maximum absolute atomic E-state index is 13.2. The van der Waals surface area contributed by atoms with E-state index in [0.717, 1.165) is 29.3 Å². The third-order valence-corrected chi connectivity index (χ3v) is 5.11. The van der Waals surface area contributed by atoms with Gasteiger partial charge in [0.15, 0.2) is 5.82 Å². The van der Waals surface area contributed by atoms with Crippen molar-refractivity contribution in [2.24, 2.45) is 0 Å². The van der Waals surface area contributed by atoms with Crippen molar-refractivity contribution in [3.63, 3.8) is 0 Å². The summed E-state index contributed by atoms with van der Waals surface area (Å²) in [4.78, 5) is 22.6. The SMILES string of the molecule is CCCn1c2nc(C(C)(C)C)nc-2c2n(c1=O)C[C@@H](Cc1ccc(F)cc1)N2. The molecular formula is C21H26FN5O. The summed E-state index contributed by atoms with van der Waals surface area (Å²) in [6, 6.07) is 6.56. The molecule has 0 fully saturated rings. The second-order valence-electron chi connectivity index (χ2n) is 8.53. The number of nitrogens with zero attached hydrogens (tertiary/aromatic N) is 4. The molecule has 0 aromatic heterocycles. The van der Waals surface area contributed by atoms with Gasteiger partial charge in [-0.05, 0) is 30.5 Å². The summed E-state index contributed by atoms with van der Waals surface area (Å²) in [5.74, 6) is 1.89. The molecule has 0 aliphatic carbocycles. The van der Waals surface area contributed by atoms with Gasteiger partial charge < -0.3 is 5.32 Å². The number of anilines is 1. The number of hydrogen-bond acceptors (Lipinski definition) is 4. The molecule has 3 aliphatic rings. The Balaban J connectivity index is 1.75. The Morgan fingerprint density at radius 1 is 1.21 bits per heavy atom. The molecule has 1 aromatic rings. The van der Waals surface area contributed by atoms with E-state index in [2.05, 4.69) is 26.1 Å². The topological polar surface area (TPSA) is 64.7 Å². The van der Waals surface area contributed by atoms with Crippen LogP contribution in [-0.2, 0) is 24.9 Å². The first-order valence-corrected chi connectivity index (χ1v) is 9.80. The minimum absolute atomic E-state index is 0.0497. The molecule has 0 unspecified atom stereocenters. The third kappa shape index (κ3) is 3.19. The maximum Gasteiger partial charge on any atom is 0.331 e. The van der Waals surface area contributed by atoms with Crippen LogP contribution in [0.2, 0.25) is 0 Å². The van der Waals surface area contributed by atoms with Crippen LogP contribution in [0.1, 0.15) is 45.5 Å². The summed E-state index contributed by atoms with van der Waals surface area (Å²) < 4.78 is 16.7. The Labute approximate surface area is 163 Å². The molecule has 1 N–H and O–H groups in total. The summed E-state index contributed by atoms with van der Waals surface area (Å²) in [5.41, 5.74) is 1.52. The van der Waals surface area contributed by atoms with Crippen molar-refractivity contribution in [1.82, 2.24) is 19.1 Å². The van der Waals surface area contributed by atoms with Gasteiger partial charge in [-0.15, -0.1) is 0 Å². The second kappa shape index (κ2) is 6.72. The van der Waals surface area contributed by atoms with Crippen LogP contribution in [0.4, 0.5) is 10.2 Å². The van der Waals surface area contributed by atoms with Crippen LogP contribution in [0.5, 0.6) is 0 Å². The highest BCUT2D eigenvalue weighted by molar-refractivity contribution is 5.70. The minimum Gasteiger partial charge on any atom is -0.365 e. The van der Waals surface area contributed by atoms with Crippen LogP contribution in [0, 0.1) is 5.82 Å². The van der Waals surface area contributed by atoms with Gasteiger partial charge in [0, 0.05) is 24.5 Å². The van der Waals surface area contributed by atoms with Gasteiger partial charge in [0.1, 0.15) is 23.2 Å². The number of rotatable bonds is 4. The molecule has 6 nitrogen and oxygen atoms in total.